The van der Waals surface area contributed by atoms with Crippen LogP contribution in [0.25, 0.3) is 54.6 Å². The van der Waals surface area contributed by atoms with E-state index >= 15 is 0 Å². The smallest absolute Gasteiger partial charge is 0.0159 e. The van der Waals surface area contributed by atoms with Gasteiger partial charge in [0, 0.05) is 5.41 Å². The molecule has 0 saturated heterocycles. The van der Waals surface area contributed by atoms with Crippen LogP contribution < -0.4 is 0 Å². The number of fused-ring (bicyclic) bond motifs is 5. The molecule has 6 aromatic rings. The van der Waals surface area contributed by atoms with Crippen LogP contribution >= 0.6 is 0 Å². The van der Waals surface area contributed by atoms with Crippen LogP contribution in [0.2, 0.25) is 0 Å². The fraction of sp³-hybridized carbons (Fsp3) is 0.0909. The highest BCUT2D eigenvalue weighted by molar-refractivity contribution is 6.16. The lowest BCUT2D eigenvalue weighted by Crippen LogP contribution is -2.23. The molecule has 0 radical (unpaired) electrons. The zero-order valence-electron chi connectivity index (χ0n) is 18.9. The van der Waals surface area contributed by atoms with Crippen LogP contribution in [0.4, 0.5) is 0 Å². The summed E-state index contributed by atoms with van der Waals surface area (Å²) in [4.78, 5) is 0. The molecule has 0 N–H and O–H groups in total. The molecule has 6 aromatic carbocycles. The van der Waals surface area contributed by atoms with Crippen molar-refractivity contribution >= 4 is 32.3 Å². The van der Waals surface area contributed by atoms with Crippen molar-refractivity contribution in [1.82, 2.24) is 0 Å². The minimum atomic E-state index is -0.0723. The van der Waals surface area contributed by atoms with E-state index in [-0.39, 0.29) is 5.41 Å². The van der Waals surface area contributed by atoms with E-state index in [1.54, 1.807) is 0 Å². The number of rotatable bonds is 1. The van der Waals surface area contributed by atoms with Gasteiger partial charge in [0.1, 0.15) is 0 Å². The van der Waals surface area contributed by atoms with Crippen molar-refractivity contribution in [3.8, 4) is 22.3 Å². The fourth-order valence-corrected chi connectivity index (χ4v) is 5.89. The van der Waals surface area contributed by atoms with E-state index in [1.807, 2.05) is 0 Å². The van der Waals surface area contributed by atoms with Crippen molar-refractivity contribution in [2.24, 2.45) is 0 Å². The zero-order valence-corrected chi connectivity index (χ0v) is 18.9. The van der Waals surface area contributed by atoms with Crippen molar-refractivity contribution in [1.29, 1.82) is 0 Å². The molecule has 0 aliphatic heterocycles. The van der Waals surface area contributed by atoms with Gasteiger partial charge in [-0.05, 0) is 83.9 Å². The van der Waals surface area contributed by atoms with Gasteiger partial charge in [-0.3, -0.25) is 0 Å². The Balaban J connectivity index is 1.52. The first kappa shape index (κ1) is 18.7. The fourth-order valence-electron chi connectivity index (χ4n) is 5.89. The molecule has 0 saturated carbocycles. The molecule has 0 spiro atoms. The Morgan fingerprint density at radius 2 is 1.15 bits per heavy atom. The van der Waals surface area contributed by atoms with E-state index in [0.29, 0.717) is 0 Å². The lowest BCUT2D eigenvalue weighted by Gasteiger charge is -2.36. The topological polar surface area (TPSA) is 0 Å². The summed E-state index contributed by atoms with van der Waals surface area (Å²) < 4.78 is 0. The number of hydrogen-bond acceptors (Lipinski definition) is 0. The second kappa shape index (κ2) is 6.56. The summed E-state index contributed by atoms with van der Waals surface area (Å²) in [6.45, 7) is 4.76. The van der Waals surface area contributed by atoms with Crippen molar-refractivity contribution in [3.63, 3.8) is 0 Å². The first-order valence-corrected chi connectivity index (χ1v) is 11.7. The van der Waals surface area contributed by atoms with E-state index in [0.717, 1.165) is 0 Å². The molecule has 0 unspecified atom stereocenters. The van der Waals surface area contributed by atoms with Gasteiger partial charge in [0.2, 0.25) is 0 Å². The summed E-state index contributed by atoms with van der Waals surface area (Å²) in [7, 11) is 0. The first-order valence-electron chi connectivity index (χ1n) is 11.7. The quantitative estimate of drug-likeness (QED) is 0.233. The predicted molar refractivity (Wildman–Crippen MR) is 142 cm³/mol. The maximum atomic E-state index is 2.43. The SMILES string of the molecule is CC1(C)c2cc(-c3ccc4ccccc4c3)ccc2-c2cc3ccccc3c3cccc1c23. The number of benzene rings is 6. The summed E-state index contributed by atoms with van der Waals surface area (Å²) in [6, 6.07) is 40.5. The van der Waals surface area contributed by atoms with Crippen LogP contribution in [-0.4, -0.2) is 0 Å². The van der Waals surface area contributed by atoms with E-state index in [2.05, 4.69) is 123 Å². The van der Waals surface area contributed by atoms with Gasteiger partial charge in [0.25, 0.3) is 0 Å². The third-order valence-electron chi connectivity index (χ3n) is 7.62. The Bertz CT molecular complexity index is 1730. The Labute approximate surface area is 194 Å². The van der Waals surface area contributed by atoms with Crippen LogP contribution in [0.1, 0.15) is 25.0 Å². The van der Waals surface area contributed by atoms with Crippen molar-refractivity contribution in [2.45, 2.75) is 19.3 Å². The highest BCUT2D eigenvalue weighted by Crippen LogP contribution is 2.50. The van der Waals surface area contributed by atoms with E-state index in [9.17, 15) is 0 Å². The molecule has 156 valence electrons. The van der Waals surface area contributed by atoms with Gasteiger partial charge >= 0.3 is 0 Å². The van der Waals surface area contributed by atoms with Gasteiger partial charge in [-0.2, -0.15) is 0 Å². The second-order valence-corrected chi connectivity index (χ2v) is 9.82. The van der Waals surface area contributed by atoms with Crippen LogP contribution in [0.5, 0.6) is 0 Å². The van der Waals surface area contributed by atoms with Gasteiger partial charge < -0.3 is 0 Å². The second-order valence-electron chi connectivity index (χ2n) is 9.82. The third kappa shape index (κ3) is 2.58. The van der Waals surface area contributed by atoms with Crippen LogP contribution in [0.15, 0.2) is 109 Å². The van der Waals surface area contributed by atoms with E-state index in [4.69, 9.17) is 0 Å². The van der Waals surface area contributed by atoms with Crippen LogP contribution in [-0.2, 0) is 5.41 Å². The lowest BCUT2D eigenvalue weighted by atomic mass is 9.67. The molecule has 0 aromatic heterocycles. The largest absolute Gasteiger partial charge is 0.0616 e. The maximum absolute atomic E-state index is 2.43. The van der Waals surface area contributed by atoms with Gasteiger partial charge in [-0.1, -0.05) is 105 Å². The summed E-state index contributed by atoms with van der Waals surface area (Å²) >= 11 is 0. The lowest BCUT2D eigenvalue weighted by molar-refractivity contribution is 0.645. The summed E-state index contributed by atoms with van der Waals surface area (Å²) in [5, 5.41) is 7.98. The van der Waals surface area contributed by atoms with Crippen molar-refractivity contribution in [3.05, 3.63) is 120 Å². The highest BCUT2D eigenvalue weighted by Gasteiger charge is 2.34. The summed E-state index contributed by atoms with van der Waals surface area (Å²) in [5.74, 6) is 0. The molecule has 0 bridgehead atoms. The minimum Gasteiger partial charge on any atom is -0.0616 e. The molecule has 7 rings (SSSR count). The number of hydrogen-bond donors (Lipinski definition) is 0. The molecule has 33 heavy (non-hydrogen) atoms. The summed E-state index contributed by atoms with van der Waals surface area (Å²) in [6.07, 6.45) is 0. The third-order valence-corrected chi connectivity index (χ3v) is 7.62. The molecule has 0 atom stereocenters. The Kier molecular flexibility index (Phi) is 3.71. The van der Waals surface area contributed by atoms with Gasteiger partial charge in [0.05, 0.1) is 0 Å². The van der Waals surface area contributed by atoms with E-state index < -0.39 is 0 Å². The standard InChI is InChI=1S/C33H24/c1-33(2)30-13-7-12-28-26-11-6-5-10-25(26)19-29(32(28)30)27-17-16-24(20-31(27)33)23-15-14-21-8-3-4-9-22(21)18-23/h3-20H,1-2H3. The van der Waals surface area contributed by atoms with Crippen LogP contribution in [0, 0.1) is 0 Å². The molecular weight excluding hydrogens is 396 g/mol. The first-order chi connectivity index (χ1) is 16.1. The maximum Gasteiger partial charge on any atom is 0.0159 e. The normalized spacial score (nSPS) is 14.0. The Hall–Kier alpha value is -3.90. The molecule has 0 heteroatoms. The molecule has 1 aliphatic carbocycles. The van der Waals surface area contributed by atoms with Gasteiger partial charge in [0.15, 0.2) is 0 Å². The van der Waals surface area contributed by atoms with Gasteiger partial charge in [-0.15, -0.1) is 0 Å². The minimum absolute atomic E-state index is 0.0723. The molecule has 0 fully saturated rings. The van der Waals surface area contributed by atoms with Gasteiger partial charge in [-0.25, -0.2) is 0 Å². The average molecular weight is 421 g/mol. The molecular formula is C33H24. The van der Waals surface area contributed by atoms with Crippen LogP contribution in [0.3, 0.4) is 0 Å². The predicted octanol–water partition coefficient (Wildman–Crippen LogP) is 9.12. The zero-order chi connectivity index (χ0) is 22.2. The summed E-state index contributed by atoms with van der Waals surface area (Å²) in [5.41, 5.74) is 8.03. The Morgan fingerprint density at radius 1 is 0.455 bits per heavy atom. The average Bonchev–Trinajstić information content (AvgIpc) is 2.86. The molecule has 1 aliphatic rings. The molecule has 0 heterocycles. The Morgan fingerprint density at radius 3 is 2.03 bits per heavy atom. The van der Waals surface area contributed by atoms with E-state index in [1.165, 1.54) is 65.7 Å². The highest BCUT2D eigenvalue weighted by atomic mass is 14.4. The van der Waals surface area contributed by atoms with Crippen molar-refractivity contribution in [2.75, 3.05) is 0 Å². The van der Waals surface area contributed by atoms with Crippen molar-refractivity contribution < 1.29 is 0 Å². The monoisotopic (exact) mass is 420 g/mol. The molecule has 0 nitrogen and oxygen atoms in total. The molecule has 0 amide bonds.